The minimum atomic E-state index is -0.488. The summed E-state index contributed by atoms with van der Waals surface area (Å²) < 4.78 is 0. The first-order chi connectivity index (χ1) is 10.5. The molecule has 22 heavy (non-hydrogen) atoms. The van der Waals surface area contributed by atoms with E-state index in [1.807, 2.05) is 24.3 Å². The number of primary amides is 1. The average molecular weight is 315 g/mol. The van der Waals surface area contributed by atoms with Gasteiger partial charge in [-0.3, -0.25) is 9.59 Å². The topological polar surface area (TPSA) is 96.0 Å². The van der Waals surface area contributed by atoms with Gasteiger partial charge in [0.25, 0.3) is 0 Å². The Hall–Kier alpha value is -2.26. The number of carbonyl (C=O) groups excluding carboxylic acids is 2. The molecule has 0 aliphatic carbocycles. The molecule has 0 spiro atoms. The maximum atomic E-state index is 11.9. The maximum absolute atomic E-state index is 11.9. The van der Waals surface area contributed by atoms with Crippen LogP contribution in [-0.2, 0) is 16.0 Å². The Kier molecular flexibility index (Phi) is 5.23. The van der Waals surface area contributed by atoms with E-state index in [2.05, 4.69) is 18.3 Å². The second kappa shape index (κ2) is 7.14. The summed E-state index contributed by atoms with van der Waals surface area (Å²) in [6.07, 6.45) is 1.17. The lowest BCUT2D eigenvalue weighted by Gasteiger charge is -2.25. The molecule has 114 valence electrons. The molecule has 6 heteroatoms. The Bertz CT molecular complexity index is 659. The van der Waals surface area contributed by atoms with Crippen molar-refractivity contribution in [1.82, 2.24) is 5.32 Å². The molecule has 0 saturated carbocycles. The molecule has 2 rings (SSSR count). The number of thioether (sulfide) groups is 1. The lowest BCUT2D eigenvalue weighted by atomic mass is 9.86. The first kappa shape index (κ1) is 16.1. The summed E-state index contributed by atoms with van der Waals surface area (Å²) in [5, 5.41) is 12.6. The number of nitrogens with one attached hydrogen (secondary N) is 1. The Morgan fingerprint density at radius 1 is 1.45 bits per heavy atom. The van der Waals surface area contributed by atoms with Crippen LogP contribution in [0.25, 0.3) is 0 Å². The Morgan fingerprint density at radius 3 is 2.68 bits per heavy atom. The fourth-order valence-electron chi connectivity index (χ4n) is 2.35. The van der Waals surface area contributed by atoms with Crippen LogP contribution < -0.4 is 11.1 Å². The van der Waals surface area contributed by atoms with Gasteiger partial charge in [-0.05, 0) is 17.5 Å². The lowest BCUT2D eigenvalue weighted by molar-refractivity contribution is -0.121. The van der Waals surface area contributed by atoms with Crippen LogP contribution in [0.2, 0.25) is 0 Å². The smallest absolute Gasteiger partial charge is 0.227 e. The normalized spacial score (nSPS) is 17.8. The monoisotopic (exact) mass is 315 g/mol. The van der Waals surface area contributed by atoms with Crippen molar-refractivity contribution in [2.75, 3.05) is 5.75 Å². The van der Waals surface area contributed by atoms with Crippen LogP contribution in [0.15, 0.2) is 34.9 Å². The third-order valence-corrected chi connectivity index (χ3v) is 4.54. The second-order valence-corrected chi connectivity index (χ2v) is 6.00. The number of nitrogens with two attached hydrogens (primary N) is 1. The van der Waals surface area contributed by atoms with Crippen LogP contribution in [-0.4, -0.2) is 17.6 Å². The molecule has 1 aliphatic heterocycles. The summed E-state index contributed by atoms with van der Waals surface area (Å²) in [6.45, 7) is 2.07. The quantitative estimate of drug-likeness (QED) is 0.866. The second-order valence-electron chi connectivity index (χ2n) is 5.01. The predicted molar refractivity (Wildman–Crippen MR) is 85.6 cm³/mol. The van der Waals surface area contributed by atoms with Crippen LogP contribution >= 0.6 is 11.8 Å². The highest BCUT2D eigenvalue weighted by molar-refractivity contribution is 8.03. The van der Waals surface area contributed by atoms with Gasteiger partial charge in [0, 0.05) is 12.3 Å². The van der Waals surface area contributed by atoms with Crippen molar-refractivity contribution >= 4 is 23.6 Å². The summed E-state index contributed by atoms with van der Waals surface area (Å²) in [5.74, 6) is -0.892. The highest BCUT2D eigenvalue weighted by Gasteiger charge is 2.29. The van der Waals surface area contributed by atoms with Crippen molar-refractivity contribution in [3.05, 3.63) is 46.0 Å². The van der Waals surface area contributed by atoms with E-state index in [0.29, 0.717) is 10.6 Å². The molecule has 0 aromatic heterocycles. The fourth-order valence-corrected chi connectivity index (χ4v) is 3.16. The van der Waals surface area contributed by atoms with E-state index in [1.54, 1.807) is 0 Å². The zero-order valence-electron chi connectivity index (χ0n) is 12.3. The van der Waals surface area contributed by atoms with E-state index in [9.17, 15) is 14.9 Å². The highest BCUT2D eigenvalue weighted by atomic mass is 32.2. The van der Waals surface area contributed by atoms with Gasteiger partial charge in [0.05, 0.1) is 22.4 Å². The molecule has 1 unspecified atom stereocenters. The molecule has 3 N–H and O–H groups in total. The average Bonchev–Trinajstić information content (AvgIpc) is 2.52. The summed E-state index contributed by atoms with van der Waals surface area (Å²) >= 11 is 1.10. The zero-order chi connectivity index (χ0) is 16.1. The number of nitriles is 1. The fraction of sp³-hybridized carbons (Fsp3) is 0.312. The molecular weight excluding hydrogens is 298 g/mol. The van der Waals surface area contributed by atoms with Gasteiger partial charge < -0.3 is 11.1 Å². The molecule has 1 aliphatic rings. The Balaban J connectivity index is 2.34. The molecule has 1 atom stereocenters. The highest BCUT2D eigenvalue weighted by Crippen LogP contribution is 2.35. The lowest BCUT2D eigenvalue weighted by Crippen LogP contribution is -2.31. The van der Waals surface area contributed by atoms with Gasteiger partial charge in [0.2, 0.25) is 11.8 Å². The summed E-state index contributed by atoms with van der Waals surface area (Å²) in [6, 6.07) is 10.1. The van der Waals surface area contributed by atoms with Crippen molar-refractivity contribution in [2.45, 2.75) is 25.7 Å². The van der Waals surface area contributed by atoms with Gasteiger partial charge >= 0.3 is 0 Å². The number of allylic oxidation sites excluding steroid dienone is 1. The number of nitrogens with zero attached hydrogens (tertiary/aromatic N) is 1. The Labute approximate surface area is 133 Å². The number of hydrogen-bond donors (Lipinski definition) is 2. The molecule has 0 saturated heterocycles. The van der Waals surface area contributed by atoms with Gasteiger partial charge in [0.15, 0.2) is 0 Å². The number of rotatable bonds is 5. The van der Waals surface area contributed by atoms with Crippen LogP contribution in [0, 0.1) is 11.3 Å². The standard InChI is InChI=1S/C16H17N3O2S/c1-2-10-3-5-11(6-4-10)12-7-15(21)19-16(13(12)8-17)22-9-14(18)20/h3-6,12H,2,7,9H2,1H3,(H2,18,20)(H,19,21). The molecule has 0 bridgehead atoms. The van der Waals surface area contributed by atoms with Crippen molar-refractivity contribution in [2.24, 2.45) is 5.73 Å². The first-order valence-electron chi connectivity index (χ1n) is 6.99. The third kappa shape index (κ3) is 3.68. The molecule has 5 nitrogen and oxygen atoms in total. The van der Waals surface area contributed by atoms with Crippen LogP contribution in [0.1, 0.15) is 30.4 Å². The maximum Gasteiger partial charge on any atom is 0.227 e. The summed E-state index contributed by atoms with van der Waals surface area (Å²) in [5.41, 5.74) is 7.75. The third-order valence-electron chi connectivity index (χ3n) is 3.51. The molecule has 1 heterocycles. The predicted octanol–water partition coefficient (Wildman–Crippen LogP) is 1.81. The molecule has 1 aromatic rings. The molecule has 1 aromatic carbocycles. The van der Waals surface area contributed by atoms with Crippen molar-refractivity contribution in [3.8, 4) is 6.07 Å². The largest absolute Gasteiger partial charge is 0.369 e. The van der Waals surface area contributed by atoms with E-state index in [4.69, 9.17) is 5.73 Å². The number of amides is 2. The van der Waals surface area contributed by atoms with Gasteiger partial charge in [-0.2, -0.15) is 5.26 Å². The molecule has 0 radical (unpaired) electrons. The number of benzene rings is 1. The zero-order valence-corrected chi connectivity index (χ0v) is 13.1. The molecular formula is C16H17N3O2S. The first-order valence-corrected chi connectivity index (χ1v) is 7.97. The van der Waals surface area contributed by atoms with E-state index in [-0.39, 0.29) is 24.0 Å². The number of aryl methyl sites for hydroxylation is 1. The number of carbonyl (C=O) groups is 2. The summed E-state index contributed by atoms with van der Waals surface area (Å²) in [7, 11) is 0. The minimum absolute atomic E-state index is 0.0300. The van der Waals surface area contributed by atoms with E-state index < -0.39 is 5.91 Å². The van der Waals surface area contributed by atoms with Gasteiger partial charge in [-0.15, -0.1) is 0 Å². The van der Waals surface area contributed by atoms with Crippen molar-refractivity contribution in [3.63, 3.8) is 0 Å². The van der Waals surface area contributed by atoms with E-state index in [0.717, 1.165) is 23.7 Å². The van der Waals surface area contributed by atoms with E-state index >= 15 is 0 Å². The van der Waals surface area contributed by atoms with Crippen LogP contribution in [0.4, 0.5) is 0 Å². The van der Waals surface area contributed by atoms with Crippen molar-refractivity contribution in [1.29, 1.82) is 5.26 Å². The van der Waals surface area contributed by atoms with Crippen LogP contribution in [0.3, 0.4) is 0 Å². The van der Waals surface area contributed by atoms with Gasteiger partial charge in [-0.1, -0.05) is 43.0 Å². The van der Waals surface area contributed by atoms with Gasteiger partial charge in [0.1, 0.15) is 0 Å². The van der Waals surface area contributed by atoms with E-state index in [1.165, 1.54) is 5.56 Å². The van der Waals surface area contributed by atoms with Crippen molar-refractivity contribution < 1.29 is 9.59 Å². The molecule has 2 amide bonds. The molecule has 0 fully saturated rings. The number of hydrogen-bond acceptors (Lipinski definition) is 4. The van der Waals surface area contributed by atoms with Crippen LogP contribution in [0.5, 0.6) is 0 Å². The summed E-state index contributed by atoms with van der Waals surface area (Å²) in [4.78, 5) is 22.8. The van der Waals surface area contributed by atoms with Gasteiger partial charge in [-0.25, -0.2) is 0 Å². The minimum Gasteiger partial charge on any atom is -0.369 e. The Morgan fingerprint density at radius 2 is 2.14 bits per heavy atom. The SMILES string of the molecule is CCc1ccc(C2CC(=O)NC(SCC(N)=O)=C2C#N)cc1.